The summed E-state index contributed by atoms with van der Waals surface area (Å²) in [5.74, 6) is -0.340. The molecule has 20 heavy (non-hydrogen) atoms. The summed E-state index contributed by atoms with van der Waals surface area (Å²) in [4.78, 5) is 24.1. The van der Waals surface area contributed by atoms with Gasteiger partial charge in [0.2, 0.25) is 5.91 Å². The number of aliphatic hydroxyl groups excluding tert-OH is 1. The van der Waals surface area contributed by atoms with Crippen LogP contribution < -0.4 is 5.32 Å². The van der Waals surface area contributed by atoms with Crippen molar-refractivity contribution in [2.45, 2.75) is 12.5 Å². The zero-order valence-corrected chi connectivity index (χ0v) is 11.7. The van der Waals surface area contributed by atoms with Gasteiger partial charge in [-0.15, -0.1) is 0 Å². The van der Waals surface area contributed by atoms with Crippen LogP contribution in [0.15, 0.2) is 30.3 Å². The van der Waals surface area contributed by atoms with Crippen LogP contribution in [0.5, 0.6) is 0 Å². The van der Waals surface area contributed by atoms with Gasteiger partial charge in [-0.05, 0) is 12.0 Å². The molecule has 0 fully saturated rings. The van der Waals surface area contributed by atoms with Gasteiger partial charge in [0.1, 0.15) is 6.54 Å². The Labute approximate surface area is 118 Å². The monoisotopic (exact) mass is 280 g/mol. The predicted octanol–water partition coefficient (Wildman–Crippen LogP) is 0.404. The summed E-state index contributed by atoms with van der Waals surface area (Å²) in [6, 6.07) is 9.18. The third-order valence-corrected chi connectivity index (χ3v) is 2.78. The highest BCUT2D eigenvalue weighted by Crippen LogP contribution is 2.03. The molecule has 1 atom stereocenters. The highest BCUT2D eigenvalue weighted by Gasteiger charge is 2.16. The number of aliphatic hydroxyl groups is 1. The minimum absolute atomic E-state index is 0.113. The van der Waals surface area contributed by atoms with Gasteiger partial charge in [-0.1, -0.05) is 30.3 Å². The number of methoxy groups -OCH3 is 1. The van der Waals surface area contributed by atoms with Crippen LogP contribution in [0, 0.1) is 0 Å². The molecule has 110 valence electrons. The Morgan fingerprint density at radius 3 is 2.55 bits per heavy atom. The van der Waals surface area contributed by atoms with Crippen molar-refractivity contribution in [1.29, 1.82) is 0 Å². The summed E-state index contributed by atoms with van der Waals surface area (Å²) < 4.78 is 4.50. The smallest absolute Gasteiger partial charge is 0.409 e. The summed E-state index contributed by atoms with van der Waals surface area (Å²) in [5.41, 5.74) is 1.02. The molecule has 0 spiro atoms. The summed E-state index contributed by atoms with van der Waals surface area (Å²) in [5, 5.41) is 12.0. The molecule has 2 N–H and O–H groups in total. The molecule has 0 aliphatic carbocycles. The molecular weight excluding hydrogens is 260 g/mol. The average molecular weight is 280 g/mol. The quantitative estimate of drug-likeness (QED) is 0.791. The van der Waals surface area contributed by atoms with Gasteiger partial charge < -0.3 is 20.1 Å². The van der Waals surface area contributed by atoms with Crippen molar-refractivity contribution >= 4 is 12.0 Å². The number of nitrogens with one attached hydrogen (secondary N) is 1. The molecule has 0 aliphatic rings. The molecule has 0 saturated carbocycles. The van der Waals surface area contributed by atoms with Gasteiger partial charge in [0.05, 0.1) is 19.8 Å². The second-order valence-electron chi connectivity index (χ2n) is 4.46. The minimum atomic E-state index is -0.580. The van der Waals surface area contributed by atoms with Gasteiger partial charge in [0.25, 0.3) is 0 Å². The lowest BCUT2D eigenvalue weighted by Crippen LogP contribution is -2.45. The van der Waals surface area contributed by atoms with Crippen LogP contribution in [-0.2, 0) is 16.0 Å². The lowest BCUT2D eigenvalue weighted by molar-refractivity contribution is -0.122. The average Bonchev–Trinajstić information content (AvgIpc) is 2.46. The van der Waals surface area contributed by atoms with E-state index in [4.69, 9.17) is 0 Å². The number of ether oxygens (including phenoxy) is 1. The molecule has 1 rings (SSSR count). The molecule has 2 amide bonds. The fraction of sp³-hybridized carbons (Fsp3) is 0.429. The number of likely N-dealkylation sites (N-methyl/N-ethyl adjacent to an activating group) is 1. The normalized spacial score (nSPS) is 11.6. The van der Waals surface area contributed by atoms with Crippen LogP contribution >= 0.6 is 0 Å². The van der Waals surface area contributed by atoms with Crippen molar-refractivity contribution in [3.05, 3.63) is 35.9 Å². The maximum atomic E-state index is 11.8. The maximum Gasteiger partial charge on any atom is 0.409 e. The lowest BCUT2D eigenvalue weighted by Gasteiger charge is -2.19. The zero-order valence-electron chi connectivity index (χ0n) is 11.7. The van der Waals surface area contributed by atoms with E-state index in [-0.39, 0.29) is 25.1 Å². The van der Waals surface area contributed by atoms with Crippen LogP contribution in [0.4, 0.5) is 4.79 Å². The maximum absolute atomic E-state index is 11.8. The fourth-order valence-electron chi connectivity index (χ4n) is 1.77. The first-order valence-corrected chi connectivity index (χ1v) is 6.30. The number of rotatable bonds is 6. The van der Waals surface area contributed by atoms with Crippen LogP contribution in [0.2, 0.25) is 0 Å². The Morgan fingerprint density at radius 1 is 1.35 bits per heavy atom. The van der Waals surface area contributed by atoms with E-state index >= 15 is 0 Å². The van der Waals surface area contributed by atoms with Gasteiger partial charge in [0, 0.05) is 7.05 Å². The number of nitrogens with zero attached hydrogens (tertiary/aromatic N) is 1. The number of carbonyl (C=O) groups is 2. The molecule has 6 heteroatoms. The van der Waals surface area contributed by atoms with Crippen molar-refractivity contribution < 1.29 is 19.4 Å². The molecule has 0 aromatic heterocycles. The van der Waals surface area contributed by atoms with Crippen molar-refractivity contribution in [3.63, 3.8) is 0 Å². The largest absolute Gasteiger partial charge is 0.453 e. The number of hydrogen-bond donors (Lipinski definition) is 2. The first-order valence-electron chi connectivity index (χ1n) is 6.30. The molecule has 0 saturated heterocycles. The first-order chi connectivity index (χ1) is 9.56. The van der Waals surface area contributed by atoms with Gasteiger partial charge in [-0.3, -0.25) is 4.79 Å². The van der Waals surface area contributed by atoms with Crippen LogP contribution in [0.25, 0.3) is 0 Å². The number of amides is 2. The summed E-state index contributed by atoms with van der Waals surface area (Å²) in [6.07, 6.45) is -0.0471. The van der Waals surface area contributed by atoms with E-state index in [0.29, 0.717) is 6.42 Å². The first kappa shape index (κ1) is 16.0. The Hall–Kier alpha value is -2.08. The Bertz CT molecular complexity index is 436. The predicted molar refractivity (Wildman–Crippen MR) is 74.2 cm³/mol. The van der Waals surface area contributed by atoms with E-state index < -0.39 is 6.09 Å². The van der Waals surface area contributed by atoms with E-state index in [2.05, 4.69) is 10.1 Å². The number of benzene rings is 1. The molecule has 0 unspecified atom stereocenters. The van der Waals surface area contributed by atoms with Crippen LogP contribution in [0.3, 0.4) is 0 Å². The Kier molecular flexibility index (Phi) is 6.52. The van der Waals surface area contributed by atoms with E-state index in [1.54, 1.807) is 0 Å². The standard InChI is InChI=1S/C14H20N2O4/c1-16(14(19)20-2)9-13(18)15-12(10-17)8-11-6-4-3-5-7-11/h3-7,12,17H,8-10H2,1-2H3,(H,15,18)/t12-/m1/s1. The van der Waals surface area contributed by atoms with E-state index in [0.717, 1.165) is 10.5 Å². The third kappa shape index (κ3) is 5.27. The van der Waals surface area contributed by atoms with Gasteiger partial charge in [-0.2, -0.15) is 0 Å². The lowest BCUT2D eigenvalue weighted by atomic mass is 10.1. The van der Waals surface area contributed by atoms with Gasteiger partial charge in [0.15, 0.2) is 0 Å². The van der Waals surface area contributed by atoms with Crippen molar-refractivity contribution in [1.82, 2.24) is 10.2 Å². The minimum Gasteiger partial charge on any atom is -0.453 e. The summed E-state index contributed by atoms with van der Waals surface area (Å²) in [7, 11) is 2.72. The highest BCUT2D eigenvalue weighted by molar-refractivity contribution is 5.82. The fourth-order valence-corrected chi connectivity index (χ4v) is 1.77. The molecule has 1 aromatic carbocycles. The second kappa shape index (κ2) is 8.16. The van der Waals surface area contributed by atoms with Crippen LogP contribution in [0.1, 0.15) is 5.56 Å². The molecule has 6 nitrogen and oxygen atoms in total. The van der Waals surface area contributed by atoms with Crippen molar-refractivity contribution in [3.8, 4) is 0 Å². The molecule has 0 bridgehead atoms. The molecule has 1 aromatic rings. The van der Waals surface area contributed by atoms with Crippen LogP contribution in [-0.4, -0.2) is 55.4 Å². The molecule has 0 aliphatic heterocycles. The molecule has 0 heterocycles. The molecular formula is C14H20N2O4. The van der Waals surface area contributed by atoms with Crippen molar-refractivity contribution in [2.24, 2.45) is 0 Å². The SMILES string of the molecule is COC(=O)N(C)CC(=O)N[C@@H](CO)Cc1ccccc1. The van der Waals surface area contributed by atoms with E-state index in [1.165, 1.54) is 14.2 Å². The Balaban J connectivity index is 2.47. The highest BCUT2D eigenvalue weighted by atomic mass is 16.5. The number of hydrogen-bond acceptors (Lipinski definition) is 4. The van der Waals surface area contributed by atoms with E-state index in [9.17, 15) is 14.7 Å². The Morgan fingerprint density at radius 2 is 2.00 bits per heavy atom. The topological polar surface area (TPSA) is 78.9 Å². The summed E-state index contributed by atoms with van der Waals surface area (Å²) >= 11 is 0. The van der Waals surface area contributed by atoms with E-state index in [1.807, 2.05) is 30.3 Å². The van der Waals surface area contributed by atoms with Gasteiger partial charge in [-0.25, -0.2) is 4.79 Å². The second-order valence-corrected chi connectivity index (χ2v) is 4.46. The number of carbonyl (C=O) groups excluding carboxylic acids is 2. The summed E-state index contributed by atoms with van der Waals surface area (Å²) in [6.45, 7) is -0.277. The van der Waals surface area contributed by atoms with Crippen molar-refractivity contribution in [2.75, 3.05) is 27.3 Å². The van der Waals surface area contributed by atoms with Gasteiger partial charge >= 0.3 is 6.09 Å². The molecule has 0 radical (unpaired) electrons. The third-order valence-electron chi connectivity index (χ3n) is 2.78. The zero-order chi connectivity index (χ0) is 15.0.